The van der Waals surface area contributed by atoms with Gasteiger partial charge in [-0.05, 0) is 25.0 Å². The summed E-state index contributed by atoms with van der Waals surface area (Å²) in [6, 6.07) is 15.7. The molecule has 2 aromatic carbocycles. The molecule has 1 fully saturated rings. The van der Waals surface area contributed by atoms with Crippen LogP contribution in [-0.4, -0.2) is 59.0 Å². The summed E-state index contributed by atoms with van der Waals surface area (Å²) < 4.78 is 6.86. The number of ether oxygens (including phenoxy) is 1. The van der Waals surface area contributed by atoms with E-state index in [9.17, 15) is 4.79 Å². The summed E-state index contributed by atoms with van der Waals surface area (Å²) >= 11 is 1.55. The Labute approximate surface area is 218 Å². The third-order valence-corrected chi connectivity index (χ3v) is 7.58. The number of piperazine rings is 1. The molecule has 9 heteroatoms. The van der Waals surface area contributed by atoms with Gasteiger partial charge in [0, 0.05) is 37.3 Å². The van der Waals surface area contributed by atoms with Crippen molar-refractivity contribution in [1.82, 2.24) is 25.3 Å². The van der Waals surface area contributed by atoms with Gasteiger partial charge in [-0.15, -0.1) is 11.3 Å². The Kier molecular flexibility index (Phi) is 6.23. The van der Waals surface area contributed by atoms with Crippen molar-refractivity contribution < 1.29 is 9.53 Å². The van der Waals surface area contributed by atoms with Crippen molar-refractivity contribution in [3.8, 4) is 28.4 Å². The van der Waals surface area contributed by atoms with E-state index in [1.54, 1.807) is 11.3 Å². The van der Waals surface area contributed by atoms with E-state index in [1.165, 1.54) is 0 Å². The van der Waals surface area contributed by atoms with Gasteiger partial charge in [0.2, 0.25) is 11.8 Å². The Hall–Kier alpha value is -3.95. The number of benzene rings is 2. The predicted molar refractivity (Wildman–Crippen MR) is 148 cm³/mol. The van der Waals surface area contributed by atoms with E-state index in [1.807, 2.05) is 50.2 Å². The third kappa shape index (κ3) is 4.41. The molecule has 3 aromatic heterocycles. The number of nitrogens with zero attached hydrogens (tertiary/aromatic N) is 5. The first-order valence-corrected chi connectivity index (χ1v) is 13.2. The zero-order valence-electron chi connectivity index (χ0n) is 20.7. The second-order valence-electron chi connectivity index (χ2n) is 8.91. The summed E-state index contributed by atoms with van der Waals surface area (Å²) in [5, 5.41) is 4.33. The Bertz CT molecular complexity index is 1590. The fourth-order valence-corrected chi connectivity index (χ4v) is 5.71. The fraction of sp³-hybridized carbons (Fsp3) is 0.250. The molecule has 1 aliphatic rings. The molecule has 4 heterocycles. The Morgan fingerprint density at radius 1 is 0.946 bits per heavy atom. The number of carbonyl (C=O) groups is 1. The number of hydrogen-bond acceptors (Lipinski definition) is 9. The van der Waals surface area contributed by atoms with Crippen LogP contribution < -0.4 is 15.0 Å². The summed E-state index contributed by atoms with van der Waals surface area (Å²) in [6.45, 7) is 8.03. The first kappa shape index (κ1) is 23.4. The lowest BCUT2D eigenvalue weighted by molar-refractivity contribution is 0.112. The molecule has 8 nitrogen and oxygen atoms in total. The molecule has 0 amide bonds. The molecule has 186 valence electrons. The highest BCUT2D eigenvalue weighted by Crippen LogP contribution is 2.39. The van der Waals surface area contributed by atoms with Gasteiger partial charge in [-0.25, -0.2) is 15.0 Å². The van der Waals surface area contributed by atoms with Crippen molar-refractivity contribution in [3.63, 3.8) is 0 Å². The number of anilines is 1. The summed E-state index contributed by atoms with van der Waals surface area (Å²) in [5.74, 6) is 1.97. The Morgan fingerprint density at radius 2 is 1.62 bits per heavy atom. The van der Waals surface area contributed by atoms with Gasteiger partial charge < -0.3 is 15.0 Å². The molecular formula is C28H26N6O2S. The van der Waals surface area contributed by atoms with Gasteiger partial charge in [0.25, 0.3) is 0 Å². The van der Waals surface area contributed by atoms with Crippen molar-refractivity contribution in [2.75, 3.05) is 37.7 Å². The molecule has 0 unspecified atom stereocenters. The second-order valence-corrected chi connectivity index (χ2v) is 9.91. The molecule has 0 radical (unpaired) electrons. The Morgan fingerprint density at radius 3 is 2.30 bits per heavy atom. The molecule has 0 bridgehead atoms. The molecule has 1 saturated heterocycles. The van der Waals surface area contributed by atoms with E-state index in [-0.39, 0.29) is 0 Å². The standard InChI is InChI=1S/C28H26N6O2S/c1-3-36-26-24-23(31-28(33-26)34-14-12-29-13-15-34)22-17(2)30-25(32-27(22)37-24)21-10-8-20(9-11-21)19-6-4-18(16-35)5-7-19/h4-11,16,29H,3,12-15H2,1-2H3. The van der Waals surface area contributed by atoms with E-state index in [4.69, 9.17) is 24.7 Å². The first-order chi connectivity index (χ1) is 18.1. The summed E-state index contributed by atoms with van der Waals surface area (Å²) in [4.78, 5) is 33.6. The average Bonchev–Trinajstić information content (AvgIpc) is 3.33. The molecule has 0 spiro atoms. The van der Waals surface area contributed by atoms with Crippen molar-refractivity contribution in [1.29, 1.82) is 0 Å². The minimum absolute atomic E-state index is 0.529. The van der Waals surface area contributed by atoms with E-state index < -0.39 is 0 Å². The van der Waals surface area contributed by atoms with Gasteiger partial charge in [0.05, 0.1) is 17.7 Å². The fourth-order valence-electron chi connectivity index (χ4n) is 4.61. The Balaban J connectivity index is 1.41. The highest BCUT2D eigenvalue weighted by Gasteiger charge is 2.22. The lowest BCUT2D eigenvalue weighted by Gasteiger charge is -2.27. The normalized spacial score (nSPS) is 13.8. The molecule has 0 saturated carbocycles. The monoisotopic (exact) mass is 510 g/mol. The molecule has 1 N–H and O–H groups in total. The second kappa shape index (κ2) is 9.84. The number of rotatable bonds is 6. The van der Waals surface area contributed by atoms with Gasteiger partial charge in [0.15, 0.2) is 5.82 Å². The average molecular weight is 511 g/mol. The van der Waals surface area contributed by atoms with Crippen LogP contribution >= 0.6 is 11.3 Å². The van der Waals surface area contributed by atoms with Gasteiger partial charge in [-0.3, -0.25) is 4.79 Å². The molecule has 0 aliphatic carbocycles. The number of nitrogens with one attached hydrogen (secondary N) is 1. The highest BCUT2D eigenvalue weighted by molar-refractivity contribution is 7.25. The molecular weight excluding hydrogens is 484 g/mol. The maximum Gasteiger partial charge on any atom is 0.236 e. The van der Waals surface area contributed by atoms with Crippen LogP contribution in [0.4, 0.5) is 5.95 Å². The van der Waals surface area contributed by atoms with Crippen molar-refractivity contribution in [3.05, 3.63) is 59.8 Å². The van der Waals surface area contributed by atoms with Gasteiger partial charge in [-0.1, -0.05) is 48.5 Å². The van der Waals surface area contributed by atoms with Crippen LogP contribution in [0, 0.1) is 6.92 Å². The maximum absolute atomic E-state index is 10.9. The number of aldehydes is 1. The van der Waals surface area contributed by atoms with Crippen LogP contribution in [-0.2, 0) is 0 Å². The molecule has 6 rings (SSSR count). The van der Waals surface area contributed by atoms with E-state index in [0.29, 0.717) is 29.8 Å². The van der Waals surface area contributed by atoms with Gasteiger partial charge in [-0.2, -0.15) is 4.98 Å². The minimum Gasteiger partial charge on any atom is -0.477 e. The van der Waals surface area contributed by atoms with Crippen molar-refractivity contribution >= 4 is 44.0 Å². The number of carbonyl (C=O) groups excluding carboxylic acids is 1. The lowest BCUT2D eigenvalue weighted by atomic mass is 10.0. The number of hydrogen-bond donors (Lipinski definition) is 1. The molecule has 0 atom stereocenters. The number of thiophene rings is 1. The van der Waals surface area contributed by atoms with Crippen LogP contribution in [0.5, 0.6) is 5.88 Å². The van der Waals surface area contributed by atoms with Gasteiger partial charge in [0.1, 0.15) is 21.3 Å². The van der Waals surface area contributed by atoms with Crippen molar-refractivity contribution in [2.45, 2.75) is 13.8 Å². The van der Waals surface area contributed by atoms with Gasteiger partial charge >= 0.3 is 0 Å². The SMILES string of the molecule is CCOc1nc(N2CCNCC2)nc2c1sc1nc(-c3ccc(-c4ccc(C=O)cc4)cc3)nc(C)c12. The summed E-state index contributed by atoms with van der Waals surface area (Å²) in [6.07, 6.45) is 0.853. The minimum atomic E-state index is 0.529. The lowest BCUT2D eigenvalue weighted by Crippen LogP contribution is -2.44. The van der Waals surface area contributed by atoms with Crippen LogP contribution in [0.15, 0.2) is 48.5 Å². The number of aryl methyl sites for hydroxylation is 1. The van der Waals surface area contributed by atoms with E-state index in [2.05, 4.69) is 22.3 Å². The quantitative estimate of drug-likeness (QED) is 0.323. The molecule has 37 heavy (non-hydrogen) atoms. The van der Waals surface area contributed by atoms with Crippen LogP contribution in [0.1, 0.15) is 23.0 Å². The smallest absolute Gasteiger partial charge is 0.236 e. The number of fused-ring (bicyclic) bond motifs is 3. The van der Waals surface area contributed by atoms with E-state index >= 15 is 0 Å². The van der Waals surface area contributed by atoms with Crippen LogP contribution in [0.25, 0.3) is 42.9 Å². The first-order valence-electron chi connectivity index (χ1n) is 12.4. The summed E-state index contributed by atoms with van der Waals surface area (Å²) in [7, 11) is 0. The third-order valence-electron chi connectivity index (χ3n) is 6.52. The predicted octanol–water partition coefficient (Wildman–Crippen LogP) is 4.90. The van der Waals surface area contributed by atoms with Crippen molar-refractivity contribution in [2.24, 2.45) is 0 Å². The number of aromatic nitrogens is 4. The topological polar surface area (TPSA) is 93.1 Å². The van der Waals surface area contributed by atoms with Crippen LogP contribution in [0.2, 0.25) is 0 Å². The maximum atomic E-state index is 10.9. The summed E-state index contributed by atoms with van der Waals surface area (Å²) in [5.41, 5.74) is 5.46. The molecule has 1 aliphatic heterocycles. The largest absolute Gasteiger partial charge is 0.477 e. The highest BCUT2D eigenvalue weighted by atomic mass is 32.1. The van der Waals surface area contributed by atoms with E-state index in [0.717, 1.165) is 75.3 Å². The van der Waals surface area contributed by atoms with Crippen LogP contribution in [0.3, 0.4) is 0 Å². The molecule has 5 aromatic rings. The zero-order chi connectivity index (χ0) is 25.4. The zero-order valence-corrected chi connectivity index (χ0v) is 21.5.